The van der Waals surface area contributed by atoms with E-state index in [4.69, 9.17) is 9.47 Å². The molecule has 1 aromatic carbocycles. The molecule has 0 aromatic heterocycles. The molecule has 0 bridgehead atoms. The lowest BCUT2D eigenvalue weighted by Gasteiger charge is -2.17. The van der Waals surface area contributed by atoms with E-state index < -0.39 is 0 Å². The third kappa shape index (κ3) is 16.8. The Hall–Kier alpha value is -2.53. The zero-order chi connectivity index (χ0) is 31.0. The Balaban J connectivity index is 2.39. The van der Waals surface area contributed by atoms with Gasteiger partial charge in [0.15, 0.2) is 0 Å². The molecule has 2 N–H and O–H groups in total. The van der Waals surface area contributed by atoms with Crippen LogP contribution in [-0.4, -0.2) is 23.3 Å². The quantitative estimate of drug-likeness (QED) is 0.0718. The van der Waals surface area contributed by atoms with E-state index in [-0.39, 0.29) is 24.9 Å². The third-order valence-corrected chi connectivity index (χ3v) is 7.72. The number of methoxy groups -OCH3 is 1. The van der Waals surface area contributed by atoms with Gasteiger partial charge >= 0.3 is 5.97 Å². The van der Waals surface area contributed by atoms with Crippen LogP contribution < -0.4 is 4.74 Å². The van der Waals surface area contributed by atoms with E-state index in [9.17, 15) is 15.0 Å². The van der Waals surface area contributed by atoms with Crippen LogP contribution in [0.5, 0.6) is 11.5 Å². The first-order chi connectivity index (χ1) is 20.3. The summed E-state index contributed by atoms with van der Waals surface area (Å²) in [5, 5.41) is 20.9. The van der Waals surface area contributed by atoms with E-state index in [1.54, 1.807) is 13.2 Å². The number of aliphatic hydroxyl groups excluding tert-OH is 1. The number of allylic oxidation sites excluding steroid dienone is 6. The molecule has 0 aliphatic rings. The number of hydrogen-bond donors (Lipinski definition) is 2. The predicted molar refractivity (Wildman–Crippen MR) is 176 cm³/mol. The maximum Gasteiger partial charge on any atom is 0.306 e. The highest BCUT2D eigenvalue weighted by Gasteiger charge is 2.18. The molecule has 0 unspecified atom stereocenters. The number of benzene rings is 1. The van der Waals surface area contributed by atoms with E-state index in [0.29, 0.717) is 35.3 Å². The van der Waals surface area contributed by atoms with Gasteiger partial charge in [-0.05, 0) is 78.2 Å². The highest BCUT2D eigenvalue weighted by Crippen LogP contribution is 2.36. The fraction of sp³-hybridized carbons (Fsp3) is 0.649. The van der Waals surface area contributed by atoms with Crippen molar-refractivity contribution in [1.29, 1.82) is 0 Å². The van der Waals surface area contributed by atoms with E-state index in [2.05, 4.69) is 52.0 Å². The average molecular weight is 585 g/mol. The standard InChI is InChI=1S/C37H60O5/c1-6-7-8-9-10-11-12-13-14-15-16-17-18-19-20-24-36(39)42-29-32-27-35(41-5)33(37(40)34(32)28-38)26-25-31(4)23-21-22-30(2)3/h13-14,22,25,27,38,40H,6-12,15-21,23-24,26,28-29H2,1-5H3/b14-13+,31-25+. The summed E-state index contributed by atoms with van der Waals surface area (Å²) >= 11 is 0. The van der Waals surface area contributed by atoms with Gasteiger partial charge in [0.1, 0.15) is 18.1 Å². The Labute approximate surface area is 257 Å². The number of rotatable bonds is 24. The second-order valence-electron chi connectivity index (χ2n) is 11.8. The highest BCUT2D eigenvalue weighted by molar-refractivity contribution is 5.69. The highest BCUT2D eigenvalue weighted by atomic mass is 16.5. The first-order valence-corrected chi connectivity index (χ1v) is 16.4. The minimum Gasteiger partial charge on any atom is -0.507 e. The monoisotopic (exact) mass is 584 g/mol. The molecular formula is C37H60O5. The number of esters is 1. The lowest BCUT2D eigenvalue weighted by molar-refractivity contribution is -0.145. The molecule has 0 aliphatic carbocycles. The van der Waals surface area contributed by atoms with E-state index in [1.807, 2.05) is 0 Å². The summed E-state index contributed by atoms with van der Waals surface area (Å²) in [5.74, 6) is 0.281. The summed E-state index contributed by atoms with van der Waals surface area (Å²) < 4.78 is 11.1. The van der Waals surface area contributed by atoms with Crippen molar-refractivity contribution in [1.82, 2.24) is 0 Å². The largest absolute Gasteiger partial charge is 0.507 e. The Bertz CT molecular complexity index is 969. The van der Waals surface area contributed by atoms with Gasteiger partial charge in [0.2, 0.25) is 0 Å². The van der Waals surface area contributed by atoms with Gasteiger partial charge in [0.05, 0.1) is 13.7 Å². The first-order valence-electron chi connectivity index (χ1n) is 16.4. The Morgan fingerprint density at radius 2 is 1.43 bits per heavy atom. The van der Waals surface area contributed by atoms with Crippen molar-refractivity contribution in [2.24, 2.45) is 0 Å². The van der Waals surface area contributed by atoms with Crippen molar-refractivity contribution in [3.63, 3.8) is 0 Å². The Kier molecular flexibility index (Phi) is 21.4. The van der Waals surface area contributed by atoms with Gasteiger partial charge in [-0.15, -0.1) is 0 Å². The minimum atomic E-state index is -0.340. The number of aromatic hydroxyl groups is 1. The zero-order valence-electron chi connectivity index (χ0n) is 27.4. The predicted octanol–water partition coefficient (Wildman–Crippen LogP) is 10.2. The van der Waals surface area contributed by atoms with Crippen molar-refractivity contribution < 1.29 is 24.5 Å². The molecule has 0 saturated heterocycles. The van der Waals surface area contributed by atoms with Gasteiger partial charge < -0.3 is 19.7 Å². The van der Waals surface area contributed by atoms with E-state index in [1.165, 1.54) is 68.9 Å². The average Bonchev–Trinajstić information content (AvgIpc) is 2.97. The van der Waals surface area contributed by atoms with Crippen LogP contribution in [0.2, 0.25) is 0 Å². The molecule has 1 rings (SSSR count). The van der Waals surface area contributed by atoms with Crippen LogP contribution in [0.3, 0.4) is 0 Å². The third-order valence-electron chi connectivity index (χ3n) is 7.72. The van der Waals surface area contributed by atoms with Crippen molar-refractivity contribution >= 4 is 5.97 Å². The minimum absolute atomic E-state index is 0.00156. The summed E-state index contributed by atoms with van der Waals surface area (Å²) in [7, 11) is 1.56. The molecule has 1 aromatic rings. The van der Waals surface area contributed by atoms with Gasteiger partial charge in [0, 0.05) is 23.1 Å². The van der Waals surface area contributed by atoms with Crippen molar-refractivity contribution in [3.05, 3.63) is 58.2 Å². The van der Waals surface area contributed by atoms with Gasteiger partial charge in [-0.2, -0.15) is 0 Å². The fourth-order valence-corrected chi connectivity index (χ4v) is 5.01. The molecule has 0 spiro atoms. The number of aliphatic hydroxyl groups is 1. The smallest absolute Gasteiger partial charge is 0.306 e. The maximum absolute atomic E-state index is 12.4. The summed E-state index contributed by atoms with van der Waals surface area (Å²) in [6, 6.07) is 1.77. The zero-order valence-corrected chi connectivity index (χ0v) is 27.4. The van der Waals surface area contributed by atoms with Crippen molar-refractivity contribution in [2.45, 2.75) is 150 Å². The summed E-state index contributed by atoms with van der Waals surface area (Å²) in [6.45, 7) is 8.19. The van der Waals surface area contributed by atoms with Crippen molar-refractivity contribution in [3.8, 4) is 11.5 Å². The summed E-state index contributed by atoms with van der Waals surface area (Å²) in [5.41, 5.74) is 4.12. The Morgan fingerprint density at radius 1 is 0.810 bits per heavy atom. The van der Waals surface area contributed by atoms with Crippen LogP contribution in [0.4, 0.5) is 0 Å². The maximum atomic E-state index is 12.4. The van der Waals surface area contributed by atoms with Gasteiger partial charge in [-0.3, -0.25) is 4.79 Å². The SMILES string of the molecule is CCCCCCCC/C=C/CCCCCCCC(=O)OCc1cc(OC)c(C/C=C(\C)CCC=C(C)C)c(O)c1CO. The second kappa shape index (κ2) is 24.0. The normalized spacial score (nSPS) is 11.7. The molecule has 0 radical (unpaired) electrons. The van der Waals surface area contributed by atoms with Crippen LogP contribution >= 0.6 is 0 Å². The summed E-state index contributed by atoms with van der Waals surface area (Å²) in [6.07, 6.45) is 27.6. The van der Waals surface area contributed by atoms with Crippen LogP contribution in [0, 0.1) is 0 Å². The summed E-state index contributed by atoms with van der Waals surface area (Å²) in [4.78, 5) is 12.4. The molecule has 5 nitrogen and oxygen atoms in total. The molecule has 0 amide bonds. The molecule has 0 aliphatic heterocycles. The van der Waals surface area contributed by atoms with Crippen LogP contribution in [-0.2, 0) is 29.2 Å². The topological polar surface area (TPSA) is 76.0 Å². The number of ether oxygens (including phenoxy) is 2. The van der Waals surface area contributed by atoms with E-state index in [0.717, 1.165) is 38.5 Å². The van der Waals surface area contributed by atoms with Crippen molar-refractivity contribution in [2.75, 3.05) is 7.11 Å². The van der Waals surface area contributed by atoms with Crippen LogP contribution in [0.15, 0.2) is 41.5 Å². The molecule has 0 saturated carbocycles. The number of phenols is 1. The number of unbranched alkanes of at least 4 members (excludes halogenated alkanes) is 11. The number of carbonyl (C=O) groups excluding carboxylic acids is 1. The van der Waals surface area contributed by atoms with Gasteiger partial charge in [-0.1, -0.05) is 93.7 Å². The molecular weight excluding hydrogens is 524 g/mol. The molecule has 0 atom stereocenters. The fourth-order valence-electron chi connectivity index (χ4n) is 5.01. The van der Waals surface area contributed by atoms with Gasteiger partial charge in [0.25, 0.3) is 0 Å². The second-order valence-corrected chi connectivity index (χ2v) is 11.8. The van der Waals surface area contributed by atoms with Crippen LogP contribution in [0.1, 0.15) is 147 Å². The number of carbonyl (C=O) groups is 1. The lowest BCUT2D eigenvalue weighted by Crippen LogP contribution is -2.08. The molecule has 5 heteroatoms. The molecule has 238 valence electrons. The van der Waals surface area contributed by atoms with E-state index >= 15 is 0 Å². The molecule has 42 heavy (non-hydrogen) atoms. The first kappa shape index (κ1) is 37.5. The lowest BCUT2D eigenvalue weighted by atomic mass is 9.98. The Morgan fingerprint density at radius 3 is 2.02 bits per heavy atom. The van der Waals surface area contributed by atoms with Crippen LogP contribution in [0.25, 0.3) is 0 Å². The molecule has 0 fully saturated rings. The molecule has 0 heterocycles. The number of hydrogen-bond acceptors (Lipinski definition) is 5. The van der Waals surface area contributed by atoms with Gasteiger partial charge in [-0.25, -0.2) is 0 Å².